The first-order valence-corrected chi connectivity index (χ1v) is 13.4. The molecule has 0 aromatic rings. The smallest absolute Gasteiger partial charge is 0.660 e. The van der Waals surface area contributed by atoms with Crippen LogP contribution in [0.3, 0.4) is 0 Å². The van der Waals surface area contributed by atoms with E-state index >= 15 is 0 Å². The van der Waals surface area contributed by atoms with Crippen molar-refractivity contribution in [3.05, 3.63) is 0 Å². The zero-order valence-electron chi connectivity index (χ0n) is 18.6. The third-order valence-corrected chi connectivity index (χ3v) is 6.18. The van der Waals surface area contributed by atoms with Crippen molar-refractivity contribution in [1.82, 2.24) is 0 Å². The van der Waals surface area contributed by atoms with E-state index in [4.69, 9.17) is 4.89 Å². The fraction of sp³-hybridized carbons (Fsp3) is 1.00. The van der Waals surface area contributed by atoms with E-state index in [-0.39, 0.29) is 35.7 Å². The molecule has 0 saturated heterocycles. The Hall–Kier alpha value is 1.31. The number of hydrogen-bond donors (Lipinski definition) is 1. The first-order valence-electron chi connectivity index (χ1n) is 11.6. The summed E-state index contributed by atoms with van der Waals surface area (Å²) in [6, 6.07) is 0. The van der Waals surface area contributed by atoms with Crippen molar-refractivity contribution >= 4 is 7.94 Å². The van der Waals surface area contributed by atoms with Gasteiger partial charge in [0.25, 0.3) is 0 Å². The summed E-state index contributed by atoms with van der Waals surface area (Å²) in [6.07, 6.45) is 26.2. The van der Waals surface area contributed by atoms with E-state index in [1.807, 2.05) is 0 Å². The van der Waals surface area contributed by atoms with E-state index in [0.29, 0.717) is 6.42 Å². The van der Waals surface area contributed by atoms with E-state index in [2.05, 4.69) is 6.92 Å². The first kappa shape index (κ1) is 30.5. The van der Waals surface area contributed by atoms with Gasteiger partial charge in [0.2, 0.25) is 0 Å². The quantitative estimate of drug-likeness (QED) is 0.179. The Bertz CT molecular complexity index is 273. The molecule has 0 fully saturated rings. The first-order chi connectivity index (χ1) is 12.6. The maximum atomic E-state index is 10.6. The molecule has 0 aromatic heterocycles. The molecular weight excluding hydrogens is 366 g/mol. The Labute approximate surface area is 193 Å². The molecule has 0 rings (SSSR count). The molecule has 0 saturated carbocycles. The van der Waals surface area contributed by atoms with Crippen LogP contribution >= 0.6 is 7.94 Å². The monoisotopic (exact) mass is 412 g/mol. The second-order valence-corrected chi connectivity index (χ2v) is 9.80. The summed E-state index contributed by atoms with van der Waals surface area (Å²) in [6.45, 7) is 2.28. The molecule has 0 spiro atoms. The molecule has 0 aliphatic carbocycles. The van der Waals surface area contributed by atoms with Gasteiger partial charge in [0.05, 0.1) is 6.16 Å². The number of unbranched alkanes of at least 4 members (excludes halogenated alkanes) is 19. The average molecular weight is 413 g/mol. The minimum atomic E-state index is -4.01. The molecule has 0 amide bonds. The summed E-state index contributed by atoms with van der Waals surface area (Å²) in [5.41, 5.74) is 0. The van der Waals surface area contributed by atoms with Crippen molar-refractivity contribution < 1.29 is 44.2 Å². The van der Waals surface area contributed by atoms with Crippen molar-refractivity contribution in [2.45, 2.75) is 135 Å². The summed E-state index contributed by atoms with van der Waals surface area (Å²) in [7, 11) is -4.01. The van der Waals surface area contributed by atoms with Crippen molar-refractivity contribution in [3.63, 3.8) is 0 Å². The maximum Gasteiger partial charge on any atom is 1.00 e. The van der Waals surface area contributed by atoms with E-state index < -0.39 is 7.94 Å². The second-order valence-electron chi connectivity index (χ2n) is 8.08. The van der Waals surface area contributed by atoms with Crippen LogP contribution in [0.1, 0.15) is 135 Å². The molecule has 158 valence electrons. The van der Waals surface area contributed by atoms with Crippen LogP contribution < -0.4 is 39.3 Å². The zero-order valence-corrected chi connectivity index (χ0v) is 21.5. The molecule has 0 atom stereocenters. The van der Waals surface area contributed by atoms with Gasteiger partial charge in [0.1, 0.15) is 0 Å². The topological polar surface area (TPSA) is 66.3 Å². The van der Waals surface area contributed by atoms with Gasteiger partial charge in [-0.05, 0) is 12.8 Å². The van der Waals surface area contributed by atoms with Crippen LogP contribution in [0, 0.1) is 0 Å². The molecule has 1 N–H and O–H groups in total. The molecule has 5 heteroatoms. The Morgan fingerprint density at radius 2 is 0.704 bits per heavy atom. The van der Waals surface area contributed by atoms with Gasteiger partial charge >= 0.3 is 29.6 Å². The minimum absolute atomic E-state index is 0. The molecule has 0 bridgehead atoms. The summed E-state index contributed by atoms with van der Waals surface area (Å²) < 4.78 is 0. The summed E-state index contributed by atoms with van der Waals surface area (Å²) in [5, 5.41) is 0. The Balaban J connectivity index is 0. The van der Waals surface area contributed by atoms with Crippen LogP contribution in [0.5, 0.6) is 0 Å². The van der Waals surface area contributed by atoms with Crippen LogP contribution in [0.25, 0.3) is 0 Å². The van der Waals surface area contributed by atoms with Crippen LogP contribution in [0.15, 0.2) is 0 Å². The largest absolute Gasteiger partial charge is 1.00 e. The number of rotatable bonds is 21. The third-order valence-electron chi connectivity index (χ3n) is 5.29. The van der Waals surface area contributed by atoms with E-state index in [0.717, 1.165) is 12.8 Å². The van der Waals surface area contributed by atoms with Gasteiger partial charge in [0.15, 0.2) is 0 Å². The standard InChI is InChI=1S/C22H47O3P.Na/c1-2-3-4-5-6-7-8-9-10-11-12-13-14-15-16-17-18-19-20-21-22-26(23,24)25;/h2-22H2,1H3,(H2,23,24,25);/q;+1/p-1. The van der Waals surface area contributed by atoms with Gasteiger partial charge in [-0.25, -0.2) is 0 Å². The van der Waals surface area contributed by atoms with Gasteiger partial charge < -0.3 is 9.79 Å². The van der Waals surface area contributed by atoms with Crippen molar-refractivity contribution in [2.24, 2.45) is 0 Å². The molecule has 27 heavy (non-hydrogen) atoms. The molecule has 0 aliphatic heterocycles. The van der Waals surface area contributed by atoms with E-state index in [1.165, 1.54) is 109 Å². The van der Waals surface area contributed by atoms with Crippen molar-refractivity contribution in [1.29, 1.82) is 0 Å². The van der Waals surface area contributed by atoms with E-state index in [1.54, 1.807) is 0 Å². The van der Waals surface area contributed by atoms with Crippen LogP contribution in [-0.2, 0) is 0 Å². The SMILES string of the molecule is CCCCCCCCCCCCCCCCCCCCCC[P+]([O-])([O-])O.[Na+]. The van der Waals surface area contributed by atoms with Crippen LogP contribution in [-0.4, -0.2) is 11.1 Å². The number of hydrogen-bond acceptors (Lipinski definition) is 3. The van der Waals surface area contributed by atoms with Crippen molar-refractivity contribution in [2.75, 3.05) is 6.16 Å². The van der Waals surface area contributed by atoms with Gasteiger partial charge in [0, 0.05) is 7.94 Å². The Morgan fingerprint density at radius 3 is 0.926 bits per heavy atom. The zero-order chi connectivity index (χ0) is 19.3. The predicted molar refractivity (Wildman–Crippen MR) is 112 cm³/mol. The third kappa shape index (κ3) is 29.6. The molecule has 0 radical (unpaired) electrons. The van der Waals surface area contributed by atoms with Crippen LogP contribution in [0.2, 0.25) is 0 Å². The van der Waals surface area contributed by atoms with Gasteiger partial charge in [-0.3, -0.25) is 4.89 Å². The summed E-state index contributed by atoms with van der Waals surface area (Å²) in [5.74, 6) is 0. The molecule has 0 unspecified atom stereocenters. The summed E-state index contributed by atoms with van der Waals surface area (Å²) >= 11 is 0. The molecule has 0 aromatic carbocycles. The molecule has 3 nitrogen and oxygen atoms in total. The maximum absolute atomic E-state index is 10.6. The second kappa shape index (κ2) is 23.6. The van der Waals surface area contributed by atoms with Crippen molar-refractivity contribution in [3.8, 4) is 0 Å². The van der Waals surface area contributed by atoms with Gasteiger partial charge in [-0.1, -0.05) is 122 Å². The fourth-order valence-electron chi connectivity index (χ4n) is 3.57. The Morgan fingerprint density at radius 1 is 0.481 bits per heavy atom. The summed E-state index contributed by atoms with van der Waals surface area (Å²) in [4.78, 5) is 29.9. The minimum Gasteiger partial charge on any atom is -0.660 e. The fourth-order valence-corrected chi connectivity index (χ4v) is 4.19. The molecule has 0 aliphatic rings. The van der Waals surface area contributed by atoms with Gasteiger partial charge in [-0.2, -0.15) is 0 Å². The predicted octanol–water partition coefficient (Wildman–Crippen LogP) is 3.29. The van der Waals surface area contributed by atoms with Crippen LogP contribution in [0.4, 0.5) is 0 Å². The Kier molecular flexibility index (Phi) is 26.6. The molecule has 0 heterocycles. The molecular formula is C22H46NaO3P. The van der Waals surface area contributed by atoms with E-state index in [9.17, 15) is 9.79 Å². The average Bonchev–Trinajstić information content (AvgIpc) is 2.59. The normalized spacial score (nSPS) is 11.6. The van der Waals surface area contributed by atoms with Gasteiger partial charge in [-0.15, -0.1) is 0 Å².